The Balaban J connectivity index is 1.57. The number of hydrogen-bond donors (Lipinski definition) is 1. The van der Waals surface area contributed by atoms with Crippen molar-refractivity contribution >= 4 is 5.69 Å². The average Bonchev–Trinajstić information content (AvgIpc) is 3.08. The van der Waals surface area contributed by atoms with Crippen LogP contribution in [0.25, 0.3) is 5.82 Å². The molecule has 0 amide bonds. The predicted molar refractivity (Wildman–Crippen MR) is 73.4 cm³/mol. The first-order valence-corrected chi connectivity index (χ1v) is 6.66. The summed E-state index contributed by atoms with van der Waals surface area (Å²) in [6, 6.07) is 5.85. The maximum absolute atomic E-state index is 5.77. The zero-order chi connectivity index (χ0) is 13.1. The molecule has 2 atom stereocenters. The highest BCUT2D eigenvalue weighted by Gasteiger charge is 2.21. The van der Waals surface area contributed by atoms with Crippen molar-refractivity contribution in [3.8, 4) is 5.82 Å². The van der Waals surface area contributed by atoms with Crippen molar-refractivity contribution in [2.24, 2.45) is 0 Å². The first-order valence-electron chi connectivity index (χ1n) is 6.66. The van der Waals surface area contributed by atoms with Crippen LogP contribution in [0.1, 0.15) is 19.8 Å². The lowest BCUT2D eigenvalue weighted by atomic mass is 10.2. The van der Waals surface area contributed by atoms with Crippen molar-refractivity contribution in [3.05, 3.63) is 36.8 Å². The maximum atomic E-state index is 5.77. The molecule has 1 aliphatic rings. The van der Waals surface area contributed by atoms with Gasteiger partial charge < -0.3 is 10.1 Å². The fourth-order valence-corrected chi connectivity index (χ4v) is 2.30. The fraction of sp³-hybridized carbons (Fsp3) is 0.429. The Hall–Kier alpha value is -1.88. The smallest absolute Gasteiger partial charge is 0.153 e. The molecule has 0 radical (unpaired) electrons. The Labute approximate surface area is 112 Å². The third kappa shape index (κ3) is 2.93. The zero-order valence-electron chi connectivity index (χ0n) is 11.0. The van der Waals surface area contributed by atoms with E-state index in [1.165, 1.54) is 0 Å². The second kappa shape index (κ2) is 5.40. The minimum Gasteiger partial charge on any atom is -0.381 e. The number of aromatic nitrogens is 3. The van der Waals surface area contributed by atoms with E-state index in [1.54, 1.807) is 10.9 Å². The number of anilines is 1. The molecule has 3 rings (SSSR count). The Morgan fingerprint density at radius 3 is 3.00 bits per heavy atom. The highest BCUT2D eigenvalue weighted by Crippen LogP contribution is 2.19. The van der Waals surface area contributed by atoms with Crippen molar-refractivity contribution < 1.29 is 4.74 Å². The highest BCUT2D eigenvalue weighted by atomic mass is 16.5. The Kier molecular flexibility index (Phi) is 3.46. The zero-order valence-corrected chi connectivity index (χ0v) is 11.0. The van der Waals surface area contributed by atoms with Crippen LogP contribution in [0, 0.1) is 0 Å². The van der Waals surface area contributed by atoms with E-state index >= 15 is 0 Å². The van der Waals surface area contributed by atoms with Gasteiger partial charge >= 0.3 is 0 Å². The molecule has 5 nitrogen and oxygen atoms in total. The van der Waals surface area contributed by atoms with Gasteiger partial charge in [0.25, 0.3) is 0 Å². The summed E-state index contributed by atoms with van der Waals surface area (Å²) in [5.41, 5.74) is 1.01. The Bertz CT molecular complexity index is 509. The van der Waals surface area contributed by atoms with Gasteiger partial charge in [0.05, 0.1) is 24.1 Å². The van der Waals surface area contributed by atoms with Gasteiger partial charge in [0.2, 0.25) is 0 Å². The minimum atomic E-state index is 0.320. The SMILES string of the molecule is CC1CCC(CNc2ccc(-n3cccn3)nc2)O1. The van der Waals surface area contributed by atoms with Crippen LogP contribution < -0.4 is 5.32 Å². The summed E-state index contributed by atoms with van der Waals surface area (Å²) in [4.78, 5) is 4.38. The molecule has 2 aromatic rings. The van der Waals surface area contributed by atoms with Crippen LogP contribution in [0.2, 0.25) is 0 Å². The number of rotatable bonds is 4. The quantitative estimate of drug-likeness (QED) is 0.913. The van der Waals surface area contributed by atoms with Gasteiger partial charge in [-0.25, -0.2) is 9.67 Å². The molecule has 0 spiro atoms. The number of pyridine rings is 1. The van der Waals surface area contributed by atoms with Crippen LogP contribution in [0.4, 0.5) is 5.69 Å². The van der Waals surface area contributed by atoms with Crippen molar-refractivity contribution in [2.45, 2.75) is 32.0 Å². The van der Waals surface area contributed by atoms with Crippen molar-refractivity contribution in [2.75, 3.05) is 11.9 Å². The maximum Gasteiger partial charge on any atom is 0.153 e. The van der Waals surface area contributed by atoms with Crippen LogP contribution in [0.3, 0.4) is 0 Å². The molecule has 1 saturated heterocycles. The second-order valence-corrected chi connectivity index (χ2v) is 4.88. The summed E-state index contributed by atoms with van der Waals surface area (Å²) in [5.74, 6) is 0.821. The molecule has 3 heterocycles. The van der Waals surface area contributed by atoms with E-state index in [4.69, 9.17) is 4.74 Å². The van der Waals surface area contributed by atoms with Crippen LogP contribution in [0.15, 0.2) is 36.8 Å². The minimum absolute atomic E-state index is 0.320. The predicted octanol–water partition coefficient (Wildman–Crippen LogP) is 2.25. The van der Waals surface area contributed by atoms with Gasteiger partial charge in [0, 0.05) is 18.9 Å². The van der Waals surface area contributed by atoms with Gasteiger partial charge in [-0.1, -0.05) is 0 Å². The number of nitrogens with zero attached hydrogens (tertiary/aromatic N) is 3. The molecule has 2 unspecified atom stereocenters. The Morgan fingerprint density at radius 1 is 1.42 bits per heavy atom. The van der Waals surface area contributed by atoms with Gasteiger partial charge in [0.1, 0.15) is 0 Å². The summed E-state index contributed by atoms with van der Waals surface area (Å²) >= 11 is 0. The summed E-state index contributed by atoms with van der Waals surface area (Å²) in [7, 11) is 0. The average molecular weight is 258 g/mol. The third-order valence-electron chi connectivity index (χ3n) is 3.34. The summed E-state index contributed by atoms with van der Waals surface area (Å²) in [6.45, 7) is 2.97. The van der Waals surface area contributed by atoms with Gasteiger partial charge in [-0.2, -0.15) is 5.10 Å². The number of nitrogens with one attached hydrogen (secondary N) is 1. The van der Waals surface area contributed by atoms with E-state index in [0.717, 1.165) is 30.9 Å². The molecule has 0 aromatic carbocycles. The molecule has 100 valence electrons. The van der Waals surface area contributed by atoms with E-state index in [2.05, 4.69) is 22.3 Å². The van der Waals surface area contributed by atoms with Crippen LogP contribution >= 0.6 is 0 Å². The van der Waals surface area contributed by atoms with E-state index in [-0.39, 0.29) is 0 Å². The topological polar surface area (TPSA) is 52.0 Å². The van der Waals surface area contributed by atoms with Crippen molar-refractivity contribution in [1.82, 2.24) is 14.8 Å². The van der Waals surface area contributed by atoms with Gasteiger partial charge in [-0.05, 0) is 38.0 Å². The monoisotopic (exact) mass is 258 g/mol. The number of ether oxygens (including phenoxy) is 1. The normalized spacial score (nSPS) is 22.6. The second-order valence-electron chi connectivity index (χ2n) is 4.88. The van der Waals surface area contributed by atoms with E-state index < -0.39 is 0 Å². The molecule has 0 aliphatic carbocycles. The summed E-state index contributed by atoms with van der Waals surface area (Å²) < 4.78 is 7.51. The molecule has 1 N–H and O–H groups in total. The van der Waals surface area contributed by atoms with E-state index in [9.17, 15) is 0 Å². The molecule has 1 aliphatic heterocycles. The van der Waals surface area contributed by atoms with Gasteiger partial charge in [0.15, 0.2) is 5.82 Å². The molecule has 1 fully saturated rings. The van der Waals surface area contributed by atoms with Gasteiger partial charge in [-0.3, -0.25) is 0 Å². The fourth-order valence-electron chi connectivity index (χ4n) is 2.30. The van der Waals surface area contributed by atoms with Crippen LogP contribution in [-0.4, -0.2) is 33.5 Å². The largest absolute Gasteiger partial charge is 0.381 e. The van der Waals surface area contributed by atoms with E-state index in [1.807, 2.05) is 30.6 Å². The third-order valence-corrected chi connectivity index (χ3v) is 3.34. The molecular weight excluding hydrogens is 240 g/mol. The van der Waals surface area contributed by atoms with Crippen LogP contribution in [0.5, 0.6) is 0 Å². The van der Waals surface area contributed by atoms with Crippen LogP contribution in [-0.2, 0) is 4.74 Å². The Morgan fingerprint density at radius 2 is 2.37 bits per heavy atom. The lowest BCUT2D eigenvalue weighted by Crippen LogP contribution is -2.19. The lowest BCUT2D eigenvalue weighted by molar-refractivity contribution is 0.0637. The summed E-state index contributed by atoms with van der Waals surface area (Å²) in [5, 5.41) is 7.51. The molecular formula is C14H18N4O. The molecule has 2 aromatic heterocycles. The van der Waals surface area contributed by atoms with Crippen molar-refractivity contribution in [3.63, 3.8) is 0 Å². The van der Waals surface area contributed by atoms with Crippen molar-refractivity contribution in [1.29, 1.82) is 0 Å². The van der Waals surface area contributed by atoms with Gasteiger partial charge in [-0.15, -0.1) is 0 Å². The molecule has 0 saturated carbocycles. The first-order chi connectivity index (χ1) is 9.31. The highest BCUT2D eigenvalue weighted by molar-refractivity contribution is 5.43. The lowest BCUT2D eigenvalue weighted by Gasteiger charge is -2.13. The molecule has 5 heteroatoms. The molecule has 19 heavy (non-hydrogen) atoms. The first kappa shape index (κ1) is 12.2. The summed E-state index contributed by atoms with van der Waals surface area (Å²) in [6.07, 6.45) is 8.45. The number of hydrogen-bond acceptors (Lipinski definition) is 4. The molecule has 0 bridgehead atoms. The standard InChI is InChI=1S/C14H18N4O/c1-11-3-5-13(19-11)10-15-12-4-6-14(16-9-12)18-8-2-7-17-18/h2,4,6-9,11,13,15H,3,5,10H2,1H3. The van der Waals surface area contributed by atoms with E-state index in [0.29, 0.717) is 12.2 Å².